The van der Waals surface area contributed by atoms with E-state index >= 15 is 0 Å². The third-order valence-corrected chi connectivity index (χ3v) is 4.82. The highest BCUT2D eigenvalue weighted by atomic mass is 35.5. The number of allylic oxidation sites excluding steroid dienone is 1. The van der Waals surface area contributed by atoms with Crippen LogP contribution in [-0.4, -0.2) is 20.1 Å². The van der Waals surface area contributed by atoms with E-state index in [0.29, 0.717) is 27.5 Å². The second-order valence-corrected chi connectivity index (χ2v) is 7.05. The molecule has 0 unspecified atom stereocenters. The van der Waals surface area contributed by atoms with Gasteiger partial charge in [-0.3, -0.25) is 9.36 Å². The fraction of sp³-hybridized carbons (Fsp3) is 0. The molecule has 6 heteroatoms. The summed E-state index contributed by atoms with van der Waals surface area (Å²) in [7, 11) is 0. The molecule has 0 atom stereocenters. The van der Waals surface area contributed by atoms with Crippen LogP contribution < -0.4 is 5.69 Å². The highest BCUT2D eigenvalue weighted by molar-refractivity contribution is 6.30. The number of benzene rings is 3. The number of para-hydroxylation sites is 1. The molecule has 148 valence electrons. The molecular weight excluding hydrogens is 400 g/mol. The summed E-state index contributed by atoms with van der Waals surface area (Å²) in [6, 6.07) is 22.5. The maximum atomic E-state index is 13.1. The summed E-state index contributed by atoms with van der Waals surface area (Å²) in [6.45, 7) is 0. The van der Waals surface area contributed by atoms with Gasteiger partial charge in [-0.25, -0.2) is 9.36 Å². The standard InChI is InChI=1S/C24H17ClN2O3/c25-19-12-10-18(11-13-19)22-16-26(20-6-2-1-3-7-20)24(30)27(22)23(29)14-9-17-5-4-8-21(28)15-17/h1-16,28H/b14-9+. The molecule has 3 aromatic carbocycles. The number of aromatic hydroxyl groups is 1. The van der Waals surface area contributed by atoms with Crippen LogP contribution in [0, 0.1) is 0 Å². The number of phenolic OH excluding ortho intramolecular Hbond substituents is 1. The van der Waals surface area contributed by atoms with Gasteiger partial charge in [0.1, 0.15) is 5.75 Å². The summed E-state index contributed by atoms with van der Waals surface area (Å²) < 4.78 is 2.56. The van der Waals surface area contributed by atoms with E-state index in [2.05, 4.69) is 0 Å². The van der Waals surface area contributed by atoms with E-state index in [4.69, 9.17) is 11.6 Å². The van der Waals surface area contributed by atoms with E-state index in [0.717, 1.165) is 4.57 Å². The van der Waals surface area contributed by atoms with Crippen LogP contribution >= 0.6 is 11.6 Å². The first-order valence-corrected chi connectivity index (χ1v) is 9.58. The summed E-state index contributed by atoms with van der Waals surface area (Å²) >= 11 is 5.99. The molecule has 0 aliphatic carbocycles. The maximum absolute atomic E-state index is 13.1. The Kier molecular flexibility index (Phi) is 5.37. The summed E-state index contributed by atoms with van der Waals surface area (Å²) in [6.07, 6.45) is 4.51. The number of imidazole rings is 1. The Morgan fingerprint density at radius 3 is 2.37 bits per heavy atom. The van der Waals surface area contributed by atoms with Gasteiger partial charge in [0, 0.05) is 22.9 Å². The predicted molar refractivity (Wildman–Crippen MR) is 118 cm³/mol. The molecule has 4 rings (SSSR count). The van der Waals surface area contributed by atoms with Gasteiger partial charge in [-0.15, -0.1) is 0 Å². The minimum atomic E-state index is -0.497. The van der Waals surface area contributed by atoms with E-state index in [9.17, 15) is 14.7 Å². The molecular formula is C24H17ClN2O3. The van der Waals surface area contributed by atoms with Gasteiger partial charge in [0.25, 0.3) is 5.91 Å². The Morgan fingerprint density at radius 1 is 0.933 bits per heavy atom. The van der Waals surface area contributed by atoms with Crippen molar-refractivity contribution in [2.75, 3.05) is 0 Å². The molecule has 0 radical (unpaired) electrons. The number of phenols is 1. The first kappa shape index (κ1) is 19.5. The zero-order valence-electron chi connectivity index (χ0n) is 15.8. The number of aromatic nitrogens is 2. The first-order chi connectivity index (χ1) is 14.5. The molecule has 1 N–H and O–H groups in total. The minimum absolute atomic E-state index is 0.0962. The summed E-state index contributed by atoms with van der Waals surface area (Å²) in [5, 5.41) is 10.2. The number of nitrogens with zero attached hydrogens (tertiary/aromatic N) is 2. The SMILES string of the molecule is O=C(/C=C/c1cccc(O)c1)n1c(-c2ccc(Cl)cc2)cn(-c2ccccc2)c1=O. The normalized spacial score (nSPS) is 11.1. The summed E-state index contributed by atoms with van der Waals surface area (Å²) in [5.74, 6) is -0.401. The zero-order chi connectivity index (χ0) is 21.1. The van der Waals surface area contributed by atoms with Crippen molar-refractivity contribution in [1.82, 2.24) is 9.13 Å². The second kappa shape index (κ2) is 8.27. The van der Waals surface area contributed by atoms with Crippen molar-refractivity contribution in [3.63, 3.8) is 0 Å². The second-order valence-electron chi connectivity index (χ2n) is 6.61. The van der Waals surface area contributed by atoms with Gasteiger partial charge < -0.3 is 5.11 Å². The number of carbonyl (C=O) groups is 1. The van der Waals surface area contributed by atoms with Crippen LogP contribution in [-0.2, 0) is 0 Å². The Balaban J connectivity index is 1.82. The van der Waals surface area contributed by atoms with Crippen LogP contribution in [0.2, 0.25) is 5.02 Å². The molecule has 0 aliphatic heterocycles. The Bertz CT molecular complexity index is 1290. The van der Waals surface area contributed by atoms with Gasteiger partial charge in [0.05, 0.1) is 11.4 Å². The molecule has 4 aromatic rings. The van der Waals surface area contributed by atoms with Gasteiger partial charge in [0.15, 0.2) is 0 Å². The quantitative estimate of drug-likeness (QED) is 0.475. The predicted octanol–water partition coefficient (Wildman–Crippen LogP) is 5.02. The average molecular weight is 417 g/mol. The molecule has 0 bridgehead atoms. The highest BCUT2D eigenvalue weighted by Crippen LogP contribution is 2.22. The Hall–Kier alpha value is -3.83. The fourth-order valence-corrected chi connectivity index (χ4v) is 3.25. The molecule has 0 aliphatic rings. The van der Waals surface area contributed by atoms with Crippen molar-refractivity contribution in [2.45, 2.75) is 0 Å². The van der Waals surface area contributed by atoms with Gasteiger partial charge in [-0.1, -0.05) is 54.1 Å². The Labute approximate surface area is 177 Å². The van der Waals surface area contributed by atoms with Crippen molar-refractivity contribution in [1.29, 1.82) is 0 Å². The van der Waals surface area contributed by atoms with Crippen LogP contribution in [0.25, 0.3) is 23.0 Å². The lowest BCUT2D eigenvalue weighted by molar-refractivity contribution is 0.0967. The third-order valence-electron chi connectivity index (χ3n) is 4.57. The zero-order valence-corrected chi connectivity index (χ0v) is 16.5. The van der Waals surface area contributed by atoms with E-state index in [1.54, 1.807) is 66.9 Å². The number of halogens is 1. The number of hydrogen-bond acceptors (Lipinski definition) is 3. The van der Waals surface area contributed by atoms with Gasteiger partial charge >= 0.3 is 5.69 Å². The van der Waals surface area contributed by atoms with Crippen molar-refractivity contribution in [3.8, 4) is 22.7 Å². The van der Waals surface area contributed by atoms with E-state index in [1.807, 2.05) is 18.2 Å². The van der Waals surface area contributed by atoms with Gasteiger partial charge in [-0.05, 0) is 48.0 Å². The van der Waals surface area contributed by atoms with Crippen LogP contribution in [0.5, 0.6) is 5.75 Å². The van der Waals surface area contributed by atoms with Crippen LogP contribution in [0.15, 0.2) is 95.9 Å². The monoisotopic (exact) mass is 416 g/mol. The van der Waals surface area contributed by atoms with Crippen molar-refractivity contribution >= 4 is 23.6 Å². The number of carbonyl (C=O) groups excluding carboxylic acids is 1. The number of hydrogen-bond donors (Lipinski definition) is 1. The summed E-state index contributed by atoms with van der Waals surface area (Å²) in [5.41, 5.74) is 1.96. The molecule has 30 heavy (non-hydrogen) atoms. The molecule has 0 saturated carbocycles. The van der Waals surface area contributed by atoms with Crippen LogP contribution in [0.4, 0.5) is 0 Å². The molecule has 0 spiro atoms. The van der Waals surface area contributed by atoms with Gasteiger partial charge in [-0.2, -0.15) is 0 Å². The lowest BCUT2D eigenvalue weighted by Gasteiger charge is -2.04. The largest absolute Gasteiger partial charge is 0.508 e. The molecule has 0 saturated heterocycles. The van der Waals surface area contributed by atoms with E-state index in [-0.39, 0.29) is 5.75 Å². The first-order valence-electron chi connectivity index (χ1n) is 9.20. The maximum Gasteiger partial charge on any atom is 0.340 e. The Morgan fingerprint density at radius 2 is 1.67 bits per heavy atom. The molecule has 1 aromatic heterocycles. The van der Waals surface area contributed by atoms with Crippen molar-refractivity contribution < 1.29 is 9.90 Å². The smallest absolute Gasteiger partial charge is 0.340 e. The van der Waals surface area contributed by atoms with Crippen molar-refractivity contribution in [3.05, 3.63) is 112 Å². The minimum Gasteiger partial charge on any atom is -0.508 e. The lowest BCUT2D eigenvalue weighted by Crippen LogP contribution is -2.27. The van der Waals surface area contributed by atoms with Crippen LogP contribution in [0.3, 0.4) is 0 Å². The summed E-state index contributed by atoms with van der Waals surface area (Å²) in [4.78, 5) is 26.1. The molecule has 5 nitrogen and oxygen atoms in total. The van der Waals surface area contributed by atoms with Crippen LogP contribution in [0.1, 0.15) is 10.4 Å². The van der Waals surface area contributed by atoms with Gasteiger partial charge in [0.2, 0.25) is 0 Å². The fourth-order valence-electron chi connectivity index (χ4n) is 3.13. The lowest BCUT2D eigenvalue weighted by atomic mass is 10.1. The topological polar surface area (TPSA) is 64.2 Å². The molecule has 1 heterocycles. The molecule has 0 amide bonds. The number of rotatable bonds is 4. The molecule has 0 fully saturated rings. The van der Waals surface area contributed by atoms with Crippen molar-refractivity contribution in [2.24, 2.45) is 0 Å². The van der Waals surface area contributed by atoms with E-state index < -0.39 is 11.6 Å². The van der Waals surface area contributed by atoms with E-state index in [1.165, 1.54) is 16.7 Å². The third kappa shape index (κ3) is 3.97. The average Bonchev–Trinajstić information content (AvgIpc) is 3.10. The highest BCUT2D eigenvalue weighted by Gasteiger charge is 2.18.